The number of aryl methyl sites for hydroxylation is 2. The molecule has 0 spiro atoms. The third kappa shape index (κ3) is 2.59. The zero-order chi connectivity index (χ0) is 12.4. The third-order valence-corrected chi connectivity index (χ3v) is 2.96. The van der Waals surface area contributed by atoms with Crippen molar-refractivity contribution in [2.24, 2.45) is 0 Å². The Morgan fingerprint density at radius 3 is 2.82 bits per heavy atom. The molecule has 0 aromatic carbocycles. The number of rotatable bonds is 2. The van der Waals surface area contributed by atoms with E-state index in [1.54, 1.807) is 11.4 Å². The van der Waals surface area contributed by atoms with E-state index in [4.69, 9.17) is 5.73 Å². The van der Waals surface area contributed by atoms with E-state index in [0.717, 1.165) is 10.6 Å². The van der Waals surface area contributed by atoms with Crippen LogP contribution in [0.1, 0.15) is 21.1 Å². The van der Waals surface area contributed by atoms with Crippen LogP contribution in [0.2, 0.25) is 0 Å². The Morgan fingerprint density at radius 2 is 2.24 bits per heavy atom. The number of thiazole rings is 1. The standard InChI is InChI=1S/C11H12N4OS/c1-6-3-8(12)4-13-10(6)15-11(16)9-5-17-7(2)14-9/h3-5H,12H2,1-2H3,(H,13,15,16). The van der Waals surface area contributed by atoms with Gasteiger partial charge in [-0.1, -0.05) is 0 Å². The Kier molecular flexibility index (Phi) is 3.06. The van der Waals surface area contributed by atoms with Crippen LogP contribution in [0.5, 0.6) is 0 Å². The Balaban J connectivity index is 2.18. The lowest BCUT2D eigenvalue weighted by molar-refractivity contribution is 0.102. The average molecular weight is 248 g/mol. The maximum Gasteiger partial charge on any atom is 0.276 e. The molecule has 0 fully saturated rings. The molecule has 0 radical (unpaired) electrons. The fourth-order valence-corrected chi connectivity index (χ4v) is 1.96. The van der Waals surface area contributed by atoms with E-state index in [-0.39, 0.29) is 5.91 Å². The van der Waals surface area contributed by atoms with Gasteiger partial charge in [-0.3, -0.25) is 4.79 Å². The number of carbonyl (C=O) groups excluding carboxylic acids is 1. The van der Waals surface area contributed by atoms with Gasteiger partial charge in [0.1, 0.15) is 11.5 Å². The molecule has 2 rings (SSSR count). The fourth-order valence-electron chi connectivity index (χ4n) is 1.37. The summed E-state index contributed by atoms with van der Waals surface area (Å²) in [4.78, 5) is 20.0. The summed E-state index contributed by atoms with van der Waals surface area (Å²) < 4.78 is 0. The van der Waals surface area contributed by atoms with E-state index < -0.39 is 0 Å². The molecule has 0 bridgehead atoms. The van der Waals surface area contributed by atoms with Gasteiger partial charge in [0, 0.05) is 5.38 Å². The van der Waals surface area contributed by atoms with Crippen molar-refractivity contribution >= 4 is 28.7 Å². The molecular weight excluding hydrogens is 236 g/mol. The van der Waals surface area contributed by atoms with Crippen LogP contribution in [0.15, 0.2) is 17.6 Å². The van der Waals surface area contributed by atoms with Crippen molar-refractivity contribution in [1.82, 2.24) is 9.97 Å². The first-order chi connectivity index (χ1) is 8.06. The topological polar surface area (TPSA) is 80.9 Å². The number of nitrogens with zero attached hydrogens (tertiary/aromatic N) is 2. The van der Waals surface area contributed by atoms with Crippen molar-refractivity contribution in [2.45, 2.75) is 13.8 Å². The Hall–Kier alpha value is -1.95. The van der Waals surface area contributed by atoms with Crippen molar-refractivity contribution in [3.8, 4) is 0 Å². The number of nitrogens with one attached hydrogen (secondary N) is 1. The minimum atomic E-state index is -0.255. The van der Waals surface area contributed by atoms with Gasteiger partial charge in [0.2, 0.25) is 0 Å². The van der Waals surface area contributed by atoms with Gasteiger partial charge >= 0.3 is 0 Å². The van der Waals surface area contributed by atoms with Crippen LogP contribution >= 0.6 is 11.3 Å². The smallest absolute Gasteiger partial charge is 0.276 e. The number of anilines is 2. The van der Waals surface area contributed by atoms with Gasteiger partial charge in [0.05, 0.1) is 16.9 Å². The molecule has 0 saturated carbocycles. The summed E-state index contributed by atoms with van der Waals surface area (Å²) in [7, 11) is 0. The number of hydrogen-bond donors (Lipinski definition) is 2. The van der Waals surface area contributed by atoms with E-state index >= 15 is 0 Å². The third-order valence-electron chi connectivity index (χ3n) is 2.18. The summed E-state index contributed by atoms with van der Waals surface area (Å²) in [5.41, 5.74) is 7.39. The molecule has 2 aromatic heterocycles. The van der Waals surface area contributed by atoms with Crippen LogP contribution in [0.25, 0.3) is 0 Å². The molecule has 0 saturated heterocycles. The second kappa shape index (κ2) is 4.50. The molecule has 0 aliphatic carbocycles. The maximum absolute atomic E-state index is 11.8. The number of carbonyl (C=O) groups is 1. The largest absolute Gasteiger partial charge is 0.397 e. The number of nitrogens with two attached hydrogens (primary N) is 1. The van der Waals surface area contributed by atoms with Crippen LogP contribution in [0.4, 0.5) is 11.5 Å². The normalized spacial score (nSPS) is 10.2. The van der Waals surface area contributed by atoms with E-state index in [1.807, 2.05) is 13.8 Å². The van der Waals surface area contributed by atoms with Crippen LogP contribution < -0.4 is 11.1 Å². The molecule has 1 amide bonds. The maximum atomic E-state index is 11.8. The lowest BCUT2D eigenvalue weighted by Crippen LogP contribution is -2.14. The fraction of sp³-hybridized carbons (Fsp3) is 0.182. The number of pyridine rings is 1. The molecule has 0 aliphatic rings. The summed E-state index contributed by atoms with van der Waals surface area (Å²) in [5, 5.41) is 5.28. The Labute approximate surface area is 103 Å². The highest BCUT2D eigenvalue weighted by Crippen LogP contribution is 2.15. The van der Waals surface area contributed by atoms with Gasteiger partial charge in [0.25, 0.3) is 5.91 Å². The van der Waals surface area contributed by atoms with Crippen LogP contribution in [0.3, 0.4) is 0 Å². The quantitative estimate of drug-likeness (QED) is 0.851. The van der Waals surface area contributed by atoms with Gasteiger partial charge in [-0.2, -0.15) is 0 Å². The Bertz CT molecular complexity index is 564. The van der Waals surface area contributed by atoms with Gasteiger partial charge in [-0.05, 0) is 25.5 Å². The summed E-state index contributed by atoms with van der Waals surface area (Å²) in [6, 6.07) is 1.76. The minimum Gasteiger partial charge on any atom is -0.397 e. The first kappa shape index (κ1) is 11.5. The van der Waals surface area contributed by atoms with Crippen molar-refractivity contribution in [3.05, 3.63) is 33.9 Å². The number of hydrogen-bond acceptors (Lipinski definition) is 5. The van der Waals surface area contributed by atoms with Gasteiger partial charge in [-0.15, -0.1) is 11.3 Å². The van der Waals surface area contributed by atoms with Gasteiger partial charge < -0.3 is 11.1 Å². The number of aromatic nitrogens is 2. The molecule has 3 N–H and O–H groups in total. The average Bonchev–Trinajstić information content (AvgIpc) is 2.69. The SMILES string of the molecule is Cc1nc(C(=O)Nc2ncc(N)cc2C)cs1. The van der Waals surface area contributed by atoms with E-state index in [9.17, 15) is 4.79 Å². The highest BCUT2D eigenvalue weighted by atomic mass is 32.1. The highest BCUT2D eigenvalue weighted by Gasteiger charge is 2.11. The van der Waals surface area contributed by atoms with Gasteiger partial charge in [0.15, 0.2) is 0 Å². The van der Waals surface area contributed by atoms with E-state index in [2.05, 4.69) is 15.3 Å². The van der Waals surface area contributed by atoms with E-state index in [0.29, 0.717) is 17.2 Å². The predicted molar refractivity (Wildman–Crippen MR) is 68.2 cm³/mol. The first-order valence-electron chi connectivity index (χ1n) is 5.02. The number of nitrogen functional groups attached to an aromatic ring is 1. The second-order valence-corrected chi connectivity index (χ2v) is 4.70. The van der Waals surface area contributed by atoms with Crippen LogP contribution in [-0.2, 0) is 0 Å². The molecule has 88 valence electrons. The summed E-state index contributed by atoms with van der Waals surface area (Å²) in [6.45, 7) is 3.69. The molecule has 5 nitrogen and oxygen atoms in total. The number of amides is 1. The molecule has 0 atom stereocenters. The summed E-state index contributed by atoms with van der Waals surface area (Å²) in [6.07, 6.45) is 1.51. The van der Waals surface area contributed by atoms with Crippen molar-refractivity contribution in [1.29, 1.82) is 0 Å². The molecule has 6 heteroatoms. The summed E-state index contributed by atoms with van der Waals surface area (Å²) in [5.74, 6) is 0.254. The van der Waals surface area contributed by atoms with Crippen molar-refractivity contribution in [2.75, 3.05) is 11.1 Å². The lowest BCUT2D eigenvalue weighted by atomic mass is 10.2. The molecule has 0 aliphatic heterocycles. The zero-order valence-electron chi connectivity index (χ0n) is 9.52. The van der Waals surface area contributed by atoms with Crippen LogP contribution in [-0.4, -0.2) is 15.9 Å². The van der Waals surface area contributed by atoms with Gasteiger partial charge in [-0.25, -0.2) is 9.97 Å². The second-order valence-electron chi connectivity index (χ2n) is 3.64. The zero-order valence-corrected chi connectivity index (χ0v) is 10.3. The molecule has 2 heterocycles. The molecular formula is C11H12N4OS. The highest BCUT2D eigenvalue weighted by molar-refractivity contribution is 7.09. The molecule has 2 aromatic rings. The first-order valence-corrected chi connectivity index (χ1v) is 5.90. The lowest BCUT2D eigenvalue weighted by Gasteiger charge is -2.06. The Morgan fingerprint density at radius 1 is 1.47 bits per heavy atom. The summed E-state index contributed by atoms with van der Waals surface area (Å²) >= 11 is 1.44. The molecule has 17 heavy (non-hydrogen) atoms. The van der Waals surface area contributed by atoms with Crippen LogP contribution in [0, 0.1) is 13.8 Å². The van der Waals surface area contributed by atoms with E-state index in [1.165, 1.54) is 17.5 Å². The van der Waals surface area contributed by atoms with Crippen molar-refractivity contribution < 1.29 is 4.79 Å². The monoisotopic (exact) mass is 248 g/mol. The van der Waals surface area contributed by atoms with Crippen molar-refractivity contribution in [3.63, 3.8) is 0 Å². The predicted octanol–water partition coefficient (Wildman–Crippen LogP) is 1.99. The minimum absolute atomic E-state index is 0.255. The molecule has 0 unspecified atom stereocenters.